The standard InChI is InChI=1S/C26H31FN4O5/c1-34-23-10-6-20(16-24(23)36-18-27)22-9-11-25(32)31(29-22)17-19-4-7-21(8-5-19)28-26(33)35-15-14-30-12-2-3-13-30/h4-8,10,16H,2-3,9,11-15,17-18H2,1H3,(H,28,33). The summed E-state index contributed by atoms with van der Waals surface area (Å²) in [6.07, 6.45) is 2.70. The molecule has 36 heavy (non-hydrogen) atoms. The van der Waals surface area contributed by atoms with Gasteiger partial charge in [0.1, 0.15) is 6.61 Å². The van der Waals surface area contributed by atoms with E-state index in [1.807, 2.05) is 12.1 Å². The zero-order valence-corrected chi connectivity index (χ0v) is 20.4. The Kier molecular flexibility index (Phi) is 8.72. The van der Waals surface area contributed by atoms with Gasteiger partial charge in [-0.15, -0.1) is 0 Å². The molecule has 0 spiro atoms. The van der Waals surface area contributed by atoms with E-state index in [9.17, 15) is 14.0 Å². The molecule has 1 saturated heterocycles. The van der Waals surface area contributed by atoms with Crippen LogP contribution in [0.1, 0.15) is 36.8 Å². The summed E-state index contributed by atoms with van der Waals surface area (Å²) in [5.74, 6) is 0.613. The van der Waals surface area contributed by atoms with E-state index in [4.69, 9.17) is 14.2 Å². The molecule has 10 heteroatoms. The summed E-state index contributed by atoms with van der Waals surface area (Å²) < 4.78 is 28.2. The van der Waals surface area contributed by atoms with Gasteiger partial charge in [0.25, 0.3) is 0 Å². The molecule has 9 nitrogen and oxygen atoms in total. The van der Waals surface area contributed by atoms with Crippen molar-refractivity contribution >= 4 is 23.4 Å². The molecule has 0 radical (unpaired) electrons. The number of nitrogens with zero attached hydrogens (tertiary/aromatic N) is 3. The summed E-state index contributed by atoms with van der Waals surface area (Å²) in [4.78, 5) is 26.8. The van der Waals surface area contributed by atoms with Gasteiger partial charge in [0.2, 0.25) is 12.8 Å². The number of benzene rings is 2. The van der Waals surface area contributed by atoms with Crippen LogP contribution in [0.2, 0.25) is 0 Å². The lowest BCUT2D eigenvalue weighted by Crippen LogP contribution is -2.31. The van der Waals surface area contributed by atoms with E-state index in [0.717, 1.165) is 30.8 Å². The number of carbonyl (C=O) groups is 2. The average molecular weight is 499 g/mol. The largest absolute Gasteiger partial charge is 0.493 e. The third-order valence-corrected chi connectivity index (χ3v) is 6.18. The fraction of sp³-hybridized carbons (Fsp3) is 0.423. The second-order valence-electron chi connectivity index (χ2n) is 8.62. The van der Waals surface area contributed by atoms with Crippen LogP contribution in [0.15, 0.2) is 47.6 Å². The molecule has 0 bridgehead atoms. The summed E-state index contributed by atoms with van der Waals surface area (Å²) in [6.45, 7) is 2.54. The van der Waals surface area contributed by atoms with Gasteiger partial charge >= 0.3 is 6.09 Å². The molecule has 2 aromatic rings. The van der Waals surface area contributed by atoms with Crippen LogP contribution in [-0.2, 0) is 16.1 Å². The third-order valence-electron chi connectivity index (χ3n) is 6.18. The zero-order chi connectivity index (χ0) is 25.3. The van der Waals surface area contributed by atoms with Crippen LogP contribution in [0.4, 0.5) is 14.9 Å². The van der Waals surface area contributed by atoms with Crippen molar-refractivity contribution in [3.8, 4) is 11.5 Å². The Morgan fingerprint density at radius 2 is 1.86 bits per heavy atom. The van der Waals surface area contributed by atoms with Gasteiger partial charge in [-0.2, -0.15) is 5.10 Å². The Hall–Kier alpha value is -3.66. The van der Waals surface area contributed by atoms with Gasteiger partial charge in [0, 0.05) is 30.6 Å². The number of rotatable bonds is 10. The lowest BCUT2D eigenvalue weighted by molar-refractivity contribution is -0.132. The number of amides is 2. The second-order valence-corrected chi connectivity index (χ2v) is 8.62. The smallest absolute Gasteiger partial charge is 0.411 e. The molecule has 0 atom stereocenters. The number of hydrogen-bond acceptors (Lipinski definition) is 7. The Labute approximate surface area is 209 Å². The maximum Gasteiger partial charge on any atom is 0.411 e. The monoisotopic (exact) mass is 498 g/mol. The quantitative estimate of drug-likeness (QED) is 0.529. The number of nitrogens with one attached hydrogen (secondary N) is 1. The summed E-state index contributed by atoms with van der Waals surface area (Å²) in [5.41, 5.74) is 2.91. The van der Waals surface area contributed by atoms with Crippen molar-refractivity contribution in [1.29, 1.82) is 0 Å². The van der Waals surface area contributed by atoms with Crippen molar-refractivity contribution in [1.82, 2.24) is 9.91 Å². The molecule has 2 heterocycles. The van der Waals surface area contributed by atoms with E-state index >= 15 is 0 Å². The highest BCUT2D eigenvalue weighted by Gasteiger charge is 2.22. The Balaban J connectivity index is 1.34. The molecule has 2 aliphatic rings. The number of carbonyl (C=O) groups excluding carboxylic acids is 2. The summed E-state index contributed by atoms with van der Waals surface area (Å²) >= 11 is 0. The molecule has 0 saturated carbocycles. The van der Waals surface area contributed by atoms with Crippen molar-refractivity contribution in [2.24, 2.45) is 5.10 Å². The Morgan fingerprint density at radius 1 is 1.08 bits per heavy atom. The number of hydrazone groups is 1. The molecule has 1 N–H and O–H groups in total. The van der Waals surface area contributed by atoms with Crippen molar-refractivity contribution in [2.45, 2.75) is 32.2 Å². The minimum absolute atomic E-state index is 0.0868. The van der Waals surface area contributed by atoms with Crippen LogP contribution < -0.4 is 14.8 Å². The van der Waals surface area contributed by atoms with Crippen molar-refractivity contribution < 1.29 is 28.2 Å². The van der Waals surface area contributed by atoms with E-state index in [2.05, 4.69) is 15.3 Å². The maximum atomic E-state index is 12.7. The van der Waals surface area contributed by atoms with Gasteiger partial charge in [0.15, 0.2) is 11.5 Å². The van der Waals surface area contributed by atoms with Crippen LogP contribution >= 0.6 is 0 Å². The van der Waals surface area contributed by atoms with Gasteiger partial charge in [-0.1, -0.05) is 12.1 Å². The summed E-state index contributed by atoms with van der Waals surface area (Å²) in [7, 11) is 1.48. The number of anilines is 1. The number of methoxy groups -OCH3 is 1. The normalized spacial score (nSPS) is 16.0. The van der Waals surface area contributed by atoms with Crippen molar-refractivity contribution in [3.05, 3.63) is 53.6 Å². The molecule has 1 fully saturated rings. The molecule has 192 valence electrons. The minimum atomic E-state index is -0.974. The first-order valence-corrected chi connectivity index (χ1v) is 12.1. The molecule has 2 amide bonds. The van der Waals surface area contributed by atoms with Crippen LogP contribution in [0.25, 0.3) is 0 Å². The van der Waals surface area contributed by atoms with Gasteiger partial charge in [-0.25, -0.2) is 14.2 Å². The molecule has 0 aliphatic carbocycles. The topological polar surface area (TPSA) is 92.7 Å². The van der Waals surface area contributed by atoms with Crippen LogP contribution in [-0.4, -0.2) is 67.8 Å². The van der Waals surface area contributed by atoms with E-state index in [1.54, 1.807) is 30.3 Å². The maximum absolute atomic E-state index is 12.7. The first-order chi connectivity index (χ1) is 17.6. The predicted octanol–water partition coefficient (Wildman–Crippen LogP) is 4.17. The van der Waals surface area contributed by atoms with Crippen LogP contribution in [0, 0.1) is 0 Å². The first-order valence-electron chi connectivity index (χ1n) is 12.1. The van der Waals surface area contributed by atoms with Gasteiger partial charge in [-0.05, 0) is 61.8 Å². The van der Waals surface area contributed by atoms with Gasteiger partial charge in [0.05, 0.1) is 19.4 Å². The molecule has 4 rings (SSSR count). The SMILES string of the molecule is COc1ccc(C2=NN(Cc3ccc(NC(=O)OCCN4CCCC4)cc3)C(=O)CC2)cc1OCF. The van der Waals surface area contributed by atoms with E-state index in [-0.39, 0.29) is 18.2 Å². The molecule has 2 aliphatic heterocycles. The first kappa shape index (κ1) is 25.4. The number of alkyl halides is 1. The van der Waals surface area contributed by atoms with Crippen molar-refractivity contribution in [2.75, 3.05) is 45.5 Å². The fourth-order valence-electron chi connectivity index (χ4n) is 4.25. The summed E-state index contributed by atoms with van der Waals surface area (Å²) in [5, 5.41) is 8.69. The zero-order valence-electron chi connectivity index (χ0n) is 20.4. The average Bonchev–Trinajstić information content (AvgIpc) is 3.40. The summed E-state index contributed by atoms with van der Waals surface area (Å²) in [6, 6.07) is 12.3. The van der Waals surface area contributed by atoms with Gasteiger partial charge in [-0.3, -0.25) is 15.0 Å². The molecule has 2 aromatic carbocycles. The van der Waals surface area contributed by atoms with Crippen LogP contribution in [0.3, 0.4) is 0 Å². The van der Waals surface area contributed by atoms with Gasteiger partial charge < -0.3 is 14.2 Å². The molecular formula is C26H31FN4O5. The number of hydrogen-bond donors (Lipinski definition) is 1. The highest BCUT2D eigenvalue weighted by Crippen LogP contribution is 2.30. The third kappa shape index (κ3) is 6.72. The van der Waals surface area contributed by atoms with Crippen molar-refractivity contribution in [3.63, 3.8) is 0 Å². The van der Waals surface area contributed by atoms with E-state index in [0.29, 0.717) is 36.6 Å². The van der Waals surface area contributed by atoms with E-state index < -0.39 is 13.0 Å². The predicted molar refractivity (Wildman–Crippen MR) is 133 cm³/mol. The molecule has 0 aromatic heterocycles. The number of halogens is 1. The van der Waals surface area contributed by atoms with E-state index in [1.165, 1.54) is 25.0 Å². The van der Waals surface area contributed by atoms with Crippen LogP contribution in [0.5, 0.6) is 11.5 Å². The Bertz CT molecular complexity index is 1090. The highest BCUT2D eigenvalue weighted by atomic mass is 19.1. The lowest BCUT2D eigenvalue weighted by Gasteiger charge is -2.24. The minimum Gasteiger partial charge on any atom is -0.493 e. The fourth-order valence-corrected chi connectivity index (χ4v) is 4.25. The lowest BCUT2D eigenvalue weighted by atomic mass is 10.0. The molecule has 0 unspecified atom stereocenters. The Morgan fingerprint density at radius 3 is 2.58 bits per heavy atom. The molecular weight excluding hydrogens is 467 g/mol. The second kappa shape index (κ2) is 12.3. The number of likely N-dealkylation sites (tertiary alicyclic amines) is 1. The highest BCUT2D eigenvalue weighted by molar-refractivity contribution is 6.04. The number of ether oxygens (including phenoxy) is 3.